The summed E-state index contributed by atoms with van der Waals surface area (Å²) in [6.07, 6.45) is 0. The summed E-state index contributed by atoms with van der Waals surface area (Å²) in [5.74, 6) is -0.610. The normalized spacial score (nSPS) is 11.7. The van der Waals surface area contributed by atoms with Gasteiger partial charge in [-0.1, -0.05) is 18.7 Å². The lowest BCUT2D eigenvalue weighted by Gasteiger charge is -2.12. The Morgan fingerprint density at radius 3 is 2.25 bits per heavy atom. The monoisotopic (exact) mass is 307 g/mol. The topological polar surface area (TPSA) is 73.9 Å². The zero-order chi connectivity index (χ0) is 15.3. The molecule has 114 valence electrons. The van der Waals surface area contributed by atoms with Crippen molar-refractivity contribution in [2.75, 3.05) is 20.8 Å². The highest BCUT2D eigenvalue weighted by atomic mass is 32.2. The minimum absolute atomic E-state index is 0.104. The quantitative estimate of drug-likeness (QED) is 0.776. The van der Waals surface area contributed by atoms with Crippen LogP contribution in [0.3, 0.4) is 0 Å². The lowest BCUT2D eigenvalue weighted by Crippen LogP contribution is -2.26. The van der Waals surface area contributed by atoms with Crippen LogP contribution in [0.2, 0.25) is 0 Å². The lowest BCUT2D eigenvalue weighted by molar-refractivity contribution is 0.0717. The minimum Gasteiger partial charge on any atom is -0.493 e. The summed E-state index contributed by atoms with van der Waals surface area (Å²) in [6, 6.07) is 1.98. The van der Waals surface area contributed by atoms with E-state index in [-0.39, 0.29) is 24.0 Å². The van der Waals surface area contributed by atoms with Crippen LogP contribution in [0.4, 0.5) is 4.39 Å². The second kappa shape index (κ2) is 6.87. The molecular weight excluding hydrogens is 289 g/mol. The van der Waals surface area contributed by atoms with Gasteiger partial charge in [-0.3, -0.25) is 4.84 Å². The molecule has 0 aromatic heterocycles. The van der Waals surface area contributed by atoms with E-state index in [1.54, 1.807) is 0 Å². The third kappa shape index (κ3) is 4.06. The molecule has 0 unspecified atom stereocenters. The number of hydrogen-bond donors (Lipinski definition) is 1. The molecule has 0 fully saturated rings. The molecule has 0 saturated carbocycles. The zero-order valence-corrected chi connectivity index (χ0v) is 12.6. The molecule has 6 nitrogen and oxygen atoms in total. The first-order valence-corrected chi connectivity index (χ1v) is 7.35. The maximum Gasteiger partial charge on any atom is 0.265 e. The third-order valence-electron chi connectivity index (χ3n) is 2.31. The molecular formula is C12H18FNO5S. The SMILES string of the molecule is COc1cc(F)c(S(=O)(=O)NOCC(C)C)cc1OC. The Morgan fingerprint density at radius 2 is 1.75 bits per heavy atom. The van der Waals surface area contributed by atoms with Crippen LogP contribution in [0.15, 0.2) is 17.0 Å². The van der Waals surface area contributed by atoms with E-state index in [0.29, 0.717) is 0 Å². The Labute approximate surface area is 117 Å². The fourth-order valence-electron chi connectivity index (χ4n) is 1.36. The van der Waals surface area contributed by atoms with Crippen molar-refractivity contribution in [3.05, 3.63) is 17.9 Å². The van der Waals surface area contributed by atoms with E-state index in [9.17, 15) is 12.8 Å². The van der Waals surface area contributed by atoms with E-state index in [2.05, 4.69) is 0 Å². The van der Waals surface area contributed by atoms with E-state index in [1.165, 1.54) is 14.2 Å². The number of methoxy groups -OCH3 is 2. The Kier molecular flexibility index (Phi) is 5.73. The van der Waals surface area contributed by atoms with E-state index in [0.717, 1.165) is 12.1 Å². The maximum atomic E-state index is 13.8. The second-order valence-electron chi connectivity index (χ2n) is 4.43. The van der Waals surface area contributed by atoms with Gasteiger partial charge >= 0.3 is 0 Å². The van der Waals surface area contributed by atoms with Crippen LogP contribution in [0.5, 0.6) is 11.5 Å². The molecule has 0 aliphatic rings. The van der Waals surface area contributed by atoms with E-state index < -0.39 is 20.7 Å². The van der Waals surface area contributed by atoms with Crippen molar-refractivity contribution in [2.45, 2.75) is 18.7 Å². The molecule has 1 N–H and O–H groups in total. The summed E-state index contributed by atoms with van der Waals surface area (Å²) in [4.78, 5) is 6.12. The number of halogens is 1. The van der Waals surface area contributed by atoms with Gasteiger partial charge < -0.3 is 9.47 Å². The lowest BCUT2D eigenvalue weighted by atomic mass is 10.2. The van der Waals surface area contributed by atoms with Crippen LogP contribution in [-0.2, 0) is 14.9 Å². The fourth-order valence-corrected chi connectivity index (χ4v) is 2.26. The molecule has 0 amide bonds. The van der Waals surface area contributed by atoms with Crippen LogP contribution in [0.25, 0.3) is 0 Å². The molecule has 0 aliphatic carbocycles. The van der Waals surface area contributed by atoms with E-state index in [4.69, 9.17) is 14.3 Å². The van der Waals surface area contributed by atoms with Crippen LogP contribution >= 0.6 is 0 Å². The van der Waals surface area contributed by atoms with Gasteiger partial charge in [0, 0.05) is 12.1 Å². The summed E-state index contributed by atoms with van der Waals surface area (Å²) in [5, 5.41) is 0. The minimum atomic E-state index is -4.13. The van der Waals surface area contributed by atoms with Crippen molar-refractivity contribution in [1.29, 1.82) is 0 Å². The largest absolute Gasteiger partial charge is 0.493 e. The van der Waals surface area contributed by atoms with Crippen LogP contribution < -0.4 is 14.4 Å². The molecule has 1 rings (SSSR count). The highest BCUT2D eigenvalue weighted by Crippen LogP contribution is 2.31. The van der Waals surface area contributed by atoms with Gasteiger partial charge in [0.15, 0.2) is 11.5 Å². The molecule has 0 radical (unpaired) electrons. The highest BCUT2D eigenvalue weighted by Gasteiger charge is 2.23. The van der Waals surface area contributed by atoms with Crippen molar-refractivity contribution < 1.29 is 27.1 Å². The van der Waals surface area contributed by atoms with Crippen molar-refractivity contribution in [1.82, 2.24) is 4.89 Å². The van der Waals surface area contributed by atoms with Gasteiger partial charge in [-0.05, 0) is 5.92 Å². The van der Waals surface area contributed by atoms with Crippen molar-refractivity contribution >= 4 is 10.0 Å². The standard InChI is InChI=1S/C12H18FNO5S/c1-8(2)7-19-14-20(15,16)12-6-11(18-4)10(17-3)5-9(12)13/h5-6,8,14H,7H2,1-4H3. The Bertz CT molecular complexity index is 559. The number of hydrogen-bond acceptors (Lipinski definition) is 5. The number of benzene rings is 1. The summed E-state index contributed by atoms with van der Waals surface area (Å²) >= 11 is 0. The number of sulfonamides is 1. The predicted octanol–water partition coefficient (Wildman–Crippen LogP) is 1.71. The summed E-state index contributed by atoms with van der Waals surface area (Å²) in [5.41, 5.74) is 0. The number of nitrogens with one attached hydrogen (secondary N) is 1. The Balaban J connectivity index is 3.05. The van der Waals surface area contributed by atoms with Crippen LogP contribution in [0, 0.1) is 11.7 Å². The van der Waals surface area contributed by atoms with E-state index >= 15 is 0 Å². The summed E-state index contributed by atoms with van der Waals surface area (Å²) in [6.45, 7) is 3.88. The average molecular weight is 307 g/mol. The Hall–Kier alpha value is -1.38. The van der Waals surface area contributed by atoms with Gasteiger partial charge in [0.2, 0.25) is 0 Å². The molecule has 0 spiro atoms. The summed E-state index contributed by atoms with van der Waals surface area (Å²) in [7, 11) is -1.47. The van der Waals surface area contributed by atoms with Gasteiger partial charge in [-0.25, -0.2) is 12.8 Å². The molecule has 0 atom stereocenters. The predicted molar refractivity (Wildman–Crippen MR) is 70.6 cm³/mol. The van der Waals surface area contributed by atoms with Crippen molar-refractivity contribution in [3.8, 4) is 11.5 Å². The average Bonchev–Trinajstić information content (AvgIpc) is 2.37. The maximum absolute atomic E-state index is 13.8. The molecule has 0 saturated heterocycles. The third-order valence-corrected chi connectivity index (χ3v) is 3.54. The van der Waals surface area contributed by atoms with Gasteiger partial charge in [0.25, 0.3) is 10.0 Å². The molecule has 0 aliphatic heterocycles. The molecule has 20 heavy (non-hydrogen) atoms. The van der Waals surface area contributed by atoms with Gasteiger partial charge in [0.05, 0.1) is 20.8 Å². The smallest absolute Gasteiger partial charge is 0.265 e. The molecule has 0 bridgehead atoms. The van der Waals surface area contributed by atoms with Crippen LogP contribution in [0.1, 0.15) is 13.8 Å². The number of rotatable bonds is 7. The molecule has 1 aromatic rings. The van der Waals surface area contributed by atoms with Crippen molar-refractivity contribution in [2.24, 2.45) is 5.92 Å². The second-order valence-corrected chi connectivity index (χ2v) is 6.04. The number of ether oxygens (including phenoxy) is 2. The van der Waals surface area contributed by atoms with Gasteiger partial charge in [0.1, 0.15) is 10.7 Å². The highest BCUT2D eigenvalue weighted by molar-refractivity contribution is 7.89. The molecule has 0 heterocycles. The van der Waals surface area contributed by atoms with E-state index in [1.807, 2.05) is 18.7 Å². The molecule has 8 heteroatoms. The van der Waals surface area contributed by atoms with Gasteiger partial charge in [-0.15, -0.1) is 0 Å². The van der Waals surface area contributed by atoms with Crippen LogP contribution in [-0.4, -0.2) is 29.2 Å². The Morgan fingerprint density at radius 1 is 1.20 bits per heavy atom. The summed E-state index contributed by atoms with van der Waals surface area (Å²) < 4.78 is 47.5. The first kappa shape index (κ1) is 16.7. The van der Waals surface area contributed by atoms with Gasteiger partial charge in [-0.2, -0.15) is 0 Å². The fraction of sp³-hybridized carbons (Fsp3) is 0.500. The first-order valence-electron chi connectivity index (χ1n) is 5.87. The molecule has 1 aromatic carbocycles. The van der Waals surface area contributed by atoms with Crippen molar-refractivity contribution in [3.63, 3.8) is 0 Å². The first-order chi connectivity index (χ1) is 9.31. The zero-order valence-electron chi connectivity index (χ0n) is 11.8.